The summed E-state index contributed by atoms with van der Waals surface area (Å²) in [7, 11) is 2.42. The van der Waals surface area contributed by atoms with Crippen LogP contribution in [0.1, 0.15) is 52.9 Å². The van der Waals surface area contributed by atoms with E-state index in [1.54, 1.807) is 0 Å². The number of nitrogens with zero attached hydrogens (tertiary/aromatic N) is 3. The van der Waals surface area contributed by atoms with Gasteiger partial charge in [0.05, 0.1) is 0 Å². The lowest BCUT2D eigenvalue weighted by Gasteiger charge is -2.36. The average Bonchev–Trinajstić information content (AvgIpc) is 2.58. The van der Waals surface area contributed by atoms with Crippen molar-refractivity contribution in [3.63, 3.8) is 0 Å². The van der Waals surface area contributed by atoms with Crippen molar-refractivity contribution in [1.82, 2.24) is 9.91 Å². The molecular weight excluding hydrogens is 290 g/mol. The van der Waals surface area contributed by atoms with Gasteiger partial charge in [0.1, 0.15) is 5.84 Å². The Kier molecular flexibility index (Phi) is 7.39. The van der Waals surface area contributed by atoms with E-state index in [1.807, 2.05) is 19.1 Å². The van der Waals surface area contributed by atoms with Gasteiger partial charge in [0.15, 0.2) is 8.32 Å². The third-order valence-electron chi connectivity index (χ3n) is 4.85. The summed E-state index contributed by atoms with van der Waals surface area (Å²) in [6.07, 6.45) is 6.09. The predicted molar refractivity (Wildman–Crippen MR) is 98.9 cm³/mol. The first kappa shape index (κ1) is 19.5. The summed E-state index contributed by atoms with van der Waals surface area (Å²) in [5, 5.41) is 6.92. The zero-order valence-electron chi connectivity index (χ0n) is 15.9. The molecule has 0 aromatic rings. The van der Waals surface area contributed by atoms with Gasteiger partial charge in [0.2, 0.25) is 0 Å². The summed E-state index contributed by atoms with van der Waals surface area (Å²) in [5.74, 6) is 1.26. The molecule has 0 aromatic carbocycles. The second kappa shape index (κ2) is 8.34. The van der Waals surface area contributed by atoms with Gasteiger partial charge in [-0.25, -0.2) is 0 Å². The van der Waals surface area contributed by atoms with Crippen molar-refractivity contribution in [3.8, 4) is 0 Å². The van der Waals surface area contributed by atoms with Crippen LogP contribution in [0.2, 0.25) is 18.1 Å². The molecule has 0 amide bonds. The van der Waals surface area contributed by atoms with Crippen molar-refractivity contribution in [1.29, 1.82) is 0 Å². The zero-order chi connectivity index (χ0) is 16.8. The van der Waals surface area contributed by atoms with E-state index >= 15 is 0 Å². The Morgan fingerprint density at radius 2 is 1.86 bits per heavy atom. The molecule has 0 N–H and O–H groups in total. The first-order valence-corrected chi connectivity index (χ1v) is 11.7. The Balaban J connectivity index is 2.47. The maximum absolute atomic E-state index is 6.29. The summed E-state index contributed by atoms with van der Waals surface area (Å²) in [4.78, 5) is 2.47. The number of hydrazone groups is 1. The monoisotopic (exact) mass is 327 g/mol. The predicted octanol–water partition coefficient (Wildman–Crippen LogP) is 4.15. The second-order valence-corrected chi connectivity index (χ2v) is 12.9. The Morgan fingerprint density at radius 1 is 1.18 bits per heavy atom. The normalized spacial score (nSPS) is 19.4. The maximum atomic E-state index is 6.29. The maximum Gasteiger partial charge on any atom is 0.191 e. The molecule has 1 aliphatic rings. The van der Waals surface area contributed by atoms with Crippen LogP contribution >= 0.6 is 0 Å². The molecule has 5 heteroatoms. The van der Waals surface area contributed by atoms with Gasteiger partial charge in [-0.05, 0) is 37.4 Å². The molecule has 1 aliphatic heterocycles. The van der Waals surface area contributed by atoms with Gasteiger partial charge in [-0.3, -0.25) is 0 Å². The van der Waals surface area contributed by atoms with Crippen molar-refractivity contribution in [3.05, 3.63) is 0 Å². The number of likely N-dealkylation sites (tertiary alicyclic amines) is 1. The van der Waals surface area contributed by atoms with Crippen molar-refractivity contribution in [2.24, 2.45) is 5.10 Å². The summed E-state index contributed by atoms with van der Waals surface area (Å²) in [6, 6.07) is 0. The van der Waals surface area contributed by atoms with Crippen LogP contribution in [0.4, 0.5) is 0 Å². The highest BCUT2D eigenvalue weighted by Crippen LogP contribution is 2.36. The highest BCUT2D eigenvalue weighted by molar-refractivity contribution is 6.74. The molecule has 1 saturated heterocycles. The first-order chi connectivity index (χ1) is 10.1. The van der Waals surface area contributed by atoms with Gasteiger partial charge in [0.25, 0.3) is 0 Å². The molecular formula is C17H37N3OSi. The van der Waals surface area contributed by atoms with Crippen LogP contribution in [0.15, 0.2) is 5.10 Å². The van der Waals surface area contributed by atoms with Crippen LogP contribution < -0.4 is 0 Å². The summed E-state index contributed by atoms with van der Waals surface area (Å²) in [6.45, 7) is 14.7. The summed E-state index contributed by atoms with van der Waals surface area (Å²) < 4.78 is 6.29. The Bertz CT molecular complexity index is 361. The van der Waals surface area contributed by atoms with Crippen LogP contribution in [0.3, 0.4) is 0 Å². The fourth-order valence-electron chi connectivity index (χ4n) is 2.43. The lowest BCUT2D eigenvalue weighted by atomic mass is 10.2. The molecule has 0 saturated carbocycles. The van der Waals surface area contributed by atoms with E-state index in [9.17, 15) is 0 Å². The molecule has 0 aromatic heterocycles. The first-order valence-electron chi connectivity index (χ1n) is 8.77. The summed E-state index contributed by atoms with van der Waals surface area (Å²) in [5.41, 5.74) is 0. The van der Waals surface area contributed by atoms with Crippen LogP contribution in [0.5, 0.6) is 0 Å². The SMILES string of the molecule is CN(C)/N=C1\CCCCCN1CCCO[Si](C)(C)C(C)(C)C. The Hall–Kier alpha value is -0.553. The minimum absolute atomic E-state index is 0.299. The van der Waals surface area contributed by atoms with Gasteiger partial charge >= 0.3 is 0 Å². The number of amidine groups is 1. The van der Waals surface area contributed by atoms with E-state index < -0.39 is 8.32 Å². The molecule has 0 aliphatic carbocycles. The van der Waals surface area contributed by atoms with Crippen molar-refractivity contribution < 1.29 is 4.43 Å². The smallest absolute Gasteiger partial charge is 0.191 e. The third kappa shape index (κ3) is 6.29. The molecule has 1 rings (SSSR count). The van der Waals surface area contributed by atoms with Crippen LogP contribution in [0, 0.1) is 0 Å². The Morgan fingerprint density at radius 3 is 2.45 bits per heavy atom. The van der Waals surface area contributed by atoms with Gasteiger partial charge in [0, 0.05) is 40.2 Å². The van der Waals surface area contributed by atoms with Gasteiger partial charge in [-0.15, -0.1) is 0 Å². The topological polar surface area (TPSA) is 28.1 Å². The molecule has 0 spiro atoms. The molecule has 22 heavy (non-hydrogen) atoms. The second-order valence-electron chi connectivity index (χ2n) is 8.12. The minimum atomic E-state index is -1.60. The van der Waals surface area contributed by atoms with Crippen LogP contribution in [-0.2, 0) is 4.43 Å². The van der Waals surface area contributed by atoms with E-state index in [2.05, 4.69) is 43.9 Å². The molecule has 4 nitrogen and oxygen atoms in total. The van der Waals surface area contributed by atoms with Crippen LogP contribution in [0.25, 0.3) is 0 Å². The summed E-state index contributed by atoms with van der Waals surface area (Å²) >= 11 is 0. The fraction of sp³-hybridized carbons (Fsp3) is 0.941. The van der Waals surface area contributed by atoms with Gasteiger partial charge in [-0.2, -0.15) is 5.10 Å². The largest absolute Gasteiger partial charge is 0.417 e. The molecule has 0 radical (unpaired) electrons. The molecule has 0 unspecified atom stereocenters. The van der Waals surface area contributed by atoms with Gasteiger partial charge < -0.3 is 14.3 Å². The number of rotatable bonds is 6. The lowest BCUT2D eigenvalue weighted by molar-refractivity contribution is 0.262. The standard InChI is InChI=1S/C17H37N3OSi/c1-17(2,3)22(6,7)21-15-11-14-20-13-10-8-9-12-16(20)18-19(4)5/h8-15H2,1-7H3/b18-16+. The highest BCUT2D eigenvalue weighted by Gasteiger charge is 2.36. The van der Waals surface area contributed by atoms with Crippen molar-refractivity contribution >= 4 is 14.2 Å². The van der Waals surface area contributed by atoms with Gasteiger partial charge in [-0.1, -0.05) is 27.2 Å². The Labute approximate surface area is 139 Å². The lowest BCUT2D eigenvalue weighted by Crippen LogP contribution is -2.41. The van der Waals surface area contributed by atoms with E-state index in [4.69, 9.17) is 4.43 Å². The number of hydrogen-bond donors (Lipinski definition) is 0. The molecule has 0 atom stereocenters. The number of hydrogen-bond acceptors (Lipinski definition) is 3. The van der Waals surface area contributed by atoms with Crippen molar-refractivity contribution in [2.45, 2.75) is 71.0 Å². The average molecular weight is 328 g/mol. The van der Waals surface area contributed by atoms with Crippen LogP contribution in [-0.4, -0.2) is 57.9 Å². The fourth-order valence-corrected chi connectivity index (χ4v) is 3.52. The van der Waals surface area contributed by atoms with E-state index in [1.165, 1.54) is 25.1 Å². The quantitative estimate of drug-likeness (QED) is 0.417. The third-order valence-corrected chi connectivity index (χ3v) is 9.39. The molecule has 0 bridgehead atoms. The van der Waals surface area contributed by atoms with E-state index in [0.717, 1.165) is 32.5 Å². The minimum Gasteiger partial charge on any atom is -0.417 e. The molecule has 130 valence electrons. The van der Waals surface area contributed by atoms with E-state index in [-0.39, 0.29) is 0 Å². The highest BCUT2D eigenvalue weighted by atomic mass is 28.4. The van der Waals surface area contributed by atoms with E-state index in [0.29, 0.717) is 5.04 Å². The van der Waals surface area contributed by atoms with Crippen molar-refractivity contribution in [2.75, 3.05) is 33.8 Å². The molecule has 1 heterocycles. The zero-order valence-corrected chi connectivity index (χ0v) is 16.9. The molecule has 1 fully saturated rings.